The van der Waals surface area contributed by atoms with Crippen LogP contribution in [0.25, 0.3) is 11.5 Å². The third-order valence-corrected chi connectivity index (χ3v) is 6.73. The molecule has 0 unspecified atom stereocenters. The van der Waals surface area contributed by atoms with Crippen LogP contribution in [-0.2, 0) is 11.2 Å². The number of nitrogens with one attached hydrogen (secondary N) is 2. The van der Waals surface area contributed by atoms with E-state index >= 15 is 0 Å². The molecule has 2 aliphatic carbocycles. The largest absolute Gasteiger partial charge is 0.503 e. The first-order valence-electron chi connectivity index (χ1n) is 12.1. The van der Waals surface area contributed by atoms with Crippen LogP contribution in [0.1, 0.15) is 54.6 Å². The molecule has 0 aliphatic heterocycles. The fourth-order valence-corrected chi connectivity index (χ4v) is 4.17. The number of aromatic hydroxyl groups is 1. The number of carbonyl (C=O) groups is 1. The average molecular weight is 547 g/mol. The summed E-state index contributed by atoms with van der Waals surface area (Å²) in [6.07, 6.45) is -2.88. The second kappa shape index (κ2) is 9.92. The Balaban J connectivity index is 1.41. The fraction of sp³-hybridized carbons (Fsp3) is 0.385. The molecule has 1 heterocycles. The molecule has 2 fully saturated rings. The summed E-state index contributed by atoms with van der Waals surface area (Å²) in [6, 6.07) is 4.57. The highest BCUT2D eigenvalue weighted by Gasteiger charge is 2.47. The Morgan fingerprint density at radius 1 is 1.18 bits per heavy atom. The van der Waals surface area contributed by atoms with Gasteiger partial charge in [-0.15, -0.1) is 0 Å². The molecule has 3 N–H and O–H groups in total. The second-order valence-electron chi connectivity index (χ2n) is 9.84. The summed E-state index contributed by atoms with van der Waals surface area (Å²) in [4.78, 5) is 17.3. The summed E-state index contributed by atoms with van der Waals surface area (Å²) in [5.74, 6) is -3.89. The van der Waals surface area contributed by atoms with Gasteiger partial charge in [-0.05, 0) is 67.5 Å². The molecule has 2 aromatic carbocycles. The number of hydrogen-bond donors (Lipinski definition) is 3. The zero-order valence-electron chi connectivity index (χ0n) is 20.2. The minimum absolute atomic E-state index is 0.167. The number of alkyl halides is 3. The van der Waals surface area contributed by atoms with Crippen LogP contribution in [0.15, 0.2) is 40.9 Å². The molecule has 204 valence electrons. The van der Waals surface area contributed by atoms with E-state index < -0.39 is 53.5 Å². The zero-order valence-corrected chi connectivity index (χ0v) is 20.2. The lowest BCUT2D eigenvalue weighted by Gasteiger charge is -2.28. The van der Waals surface area contributed by atoms with Crippen LogP contribution in [0.4, 0.5) is 22.0 Å². The van der Waals surface area contributed by atoms with E-state index in [1.54, 1.807) is 0 Å². The van der Waals surface area contributed by atoms with Gasteiger partial charge < -0.3 is 14.9 Å². The van der Waals surface area contributed by atoms with Crippen LogP contribution in [0.5, 0.6) is 5.75 Å². The first-order chi connectivity index (χ1) is 18.5. The fourth-order valence-electron chi connectivity index (χ4n) is 4.17. The molecule has 2 aliphatic rings. The first kappa shape index (κ1) is 26.6. The molecular weight excluding hydrogens is 525 g/mol. The van der Waals surface area contributed by atoms with E-state index in [-0.39, 0.29) is 22.9 Å². The van der Waals surface area contributed by atoms with Gasteiger partial charge >= 0.3 is 6.18 Å². The molecule has 1 amide bonds. The number of aromatic nitrogens is 2. The molecular formula is C26H22F5N5O3. The number of phenols is 1. The highest BCUT2D eigenvalue weighted by atomic mass is 19.4. The van der Waals surface area contributed by atoms with E-state index in [0.717, 1.165) is 25.0 Å². The summed E-state index contributed by atoms with van der Waals surface area (Å²) in [5.41, 5.74) is -1.19. The molecule has 2 saturated carbocycles. The Labute approximate surface area is 218 Å². The third kappa shape index (κ3) is 5.85. The quantitative estimate of drug-likeness (QED) is 0.335. The number of phenolic OH excluding ortho intramolecular Hbond substituents is 1. The average Bonchev–Trinajstić information content (AvgIpc) is 3.83. The highest BCUT2D eigenvalue weighted by Crippen LogP contribution is 2.39. The molecule has 1 aromatic heterocycles. The van der Waals surface area contributed by atoms with Crippen LogP contribution in [0, 0.1) is 23.0 Å². The van der Waals surface area contributed by atoms with Crippen molar-refractivity contribution in [3.63, 3.8) is 0 Å². The van der Waals surface area contributed by atoms with Crippen LogP contribution in [0.3, 0.4) is 0 Å². The van der Waals surface area contributed by atoms with E-state index in [2.05, 4.69) is 20.8 Å². The van der Waals surface area contributed by atoms with Crippen molar-refractivity contribution in [2.45, 2.75) is 61.8 Å². The summed E-state index contributed by atoms with van der Waals surface area (Å²) in [6.45, 7) is 0. The van der Waals surface area contributed by atoms with Crippen LogP contribution in [0.2, 0.25) is 0 Å². The lowest BCUT2D eigenvalue weighted by molar-refractivity contribution is -0.161. The highest BCUT2D eigenvalue weighted by molar-refractivity contribution is 5.84. The normalized spacial score (nSPS) is 17.7. The molecule has 2 atom stereocenters. The molecule has 0 radical (unpaired) electrons. The number of hydrogen-bond acceptors (Lipinski definition) is 7. The van der Waals surface area contributed by atoms with E-state index in [1.807, 2.05) is 6.07 Å². The molecule has 0 spiro atoms. The predicted molar refractivity (Wildman–Crippen MR) is 125 cm³/mol. The predicted octanol–water partition coefficient (Wildman–Crippen LogP) is 4.57. The second-order valence-corrected chi connectivity index (χ2v) is 9.84. The van der Waals surface area contributed by atoms with Crippen molar-refractivity contribution in [1.82, 2.24) is 20.8 Å². The summed E-state index contributed by atoms with van der Waals surface area (Å²) >= 11 is 0. The Morgan fingerprint density at radius 3 is 2.36 bits per heavy atom. The minimum Gasteiger partial charge on any atom is -0.503 e. The van der Waals surface area contributed by atoms with Crippen molar-refractivity contribution in [3.05, 3.63) is 65.0 Å². The van der Waals surface area contributed by atoms with Gasteiger partial charge in [0.15, 0.2) is 23.2 Å². The monoisotopic (exact) mass is 547 g/mol. The first-order valence-corrected chi connectivity index (χ1v) is 12.1. The van der Waals surface area contributed by atoms with Crippen LogP contribution >= 0.6 is 0 Å². The Kier molecular flexibility index (Phi) is 6.76. The maximum atomic E-state index is 14.2. The Morgan fingerprint density at radius 2 is 1.82 bits per heavy atom. The van der Waals surface area contributed by atoms with E-state index in [1.165, 1.54) is 24.3 Å². The van der Waals surface area contributed by atoms with Crippen LogP contribution in [-0.4, -0.2) is 38.9 Å². The number of amides is 1. The van der Waals surface area contributed by atoms with Crippen molar-refractivity contribution < 1.29 is 36.4 Å². The maximum Gasteiger partial charge on any atom is 0.407 e. The lowest BCUT2D eigenvalue weighted by atomic mass is 9.99. The molecule has 3 aromatic rings. The maximum absolute atomic E-state index is 14.2. The number of nitrogens with zero attached hydrogens (tertiary/aromatic N) is 3. The van der Waals surface area contributed by atoms with E-state index in [4.69, 9.17) is 4.52 Å². The minimum atomic E-state index is -4.87. The molecule has 13 heteroatoms. The Bertz CT molecular complexity index is 1400. The van der Waals surface area contributed by atoms with E-state index in [9.17, 15) is 37.1 Å². The van der Waals surface area contributed by atoms with Gasteiger partial charge in [-0.1, -0.05) is 17.3 Å². The summed E-state index contributed by atoms with van der Waals surface area (Å²) in [7, 11) is 0. The summed E-state index contributed by atoms with van der Waals surface area (Å²) < 4.78 is 75.8. The SMILES string of the molecule is N#CC1(NC(=O)[C@H](Cc2cc(F)c(O)c(F)c2)N[C@@H](c2ccc(-c3nc(C4CC4)no3)cc2)C(F)(F)F)CC1. The summed E-state index contributed by atoms with van der Waals surface area (Å²) in [5, 5.41) is 27.3. The zero-order chi connectivity index (χ0) is 27.9. The van der Waals surface area contributed by atoms with Crippen molar-refractivity contribution >= 4 is 5.91 Å². The Hall–Kier alpha value is -4.05. The third-order valence-electron chi connectivity index (χ3n) is 6.73. The van der Waals surface area contributed by atoms with Gasteiger partial charge in [-0.3, -0.25) is 10.1 Å². The molecule has 8 nitrogen and oxygen atoms in total. The lowest BCUT2D eigenvalue weighted by Crippen LogP contribution is -2.52. The van der Waals surface area contributed by atoms with Crippen molar-refractivity contribution in [2.75, 3.05) is 0 Å². The smallest absolute Gasteiger partial charge is 0.407 e. The number of carbonyl (C=O) groups excluding carboxylic acids is 1. The van der Waals surface area contributed by atoms with Gasteiger partial charge in [0.25, 0.3) is 5.89 Å². The number of rotatable bonds is 9. The van der Waals surface area contributed by atoms with Gasteiger partial charge in [0.05, 0.1) is 12.1 Å². The van der Waals surface area contributed by atoms with Crippen molar-refractivity contribution in [1.29, 1.82) is 5.26 Å². The van der Waals surface area contributed by atoms with Gasteiger partial charge in [0, 0.05) is 11.5 Å². The molecule has 5 rings (SSSR count). The standard InChI is InChI=1S/C26H22F5N5O3/c27-17-9-13(10-18(28)20(17)37)11-19(23(38)35-25(12-32)7-8-25)33-21(26(29,30)31)14-1-5-16(6-2-14)24-34-22(36-39-24)15-3-4-15/h1-2,5-6,9-10,15,19,21,33,37H,3-4,7-8,11H2,(H,35,38)/t19-,21-/m0/s1. The number of nitriles is 1. The van der Waals surface area contributed by atoms with Gasteiger partial charge in [-0.2, -0.15) is 23.4 Å². The van der Waals surface area contributed by atoms with Crippen molar-refractivity contribution in [3.8, 4) is 23.3 Å². The van der Waals surface area contributed by atoms with Crippen LogP contribution < -0.4 is 10.6 Å². The molecule has 39 heavy (non-hydrogen) atoms. The topological polar surface area (TPSA) is 124 Å². The number of benzene rings is 2. The van der Waals surface area contributed by atoms with Gasteiger partial charge in [-0.25, -0.2) is 8.78 Å². The van der Waals surface area contributed by atoms with Gasteiger partial charge in [0.2, 0.25) is 5.91 Å². The number of halogens is 5. The van der Waals surface area contributed by atoms with Gasteiger partial charge in [0.1, 0.15) is 11.6 Å². The molecule has 0 bridgehead atoms. The van der Waals surface area contributed by atoms with Crippen molar-refractivity contribution in [2.24, 2.45) is 0 Å². The van der Waals surface area contributed by atoms with E-state index in [0.29, 0.717) is 24.2 Å². The molecule has 0 saturated heterocycles.